The van der Waals surface area contributed by atoms with E-state index in [0.29, 0.717) is 11.6 Å². The number of para-hydroxylation sites is 1. The van der Waals surface area contributed by atoms with Crippen molar-refractivity contribution in [1.29, 1.82) is 0 Å². The highest BCUT2D eigenvalue weighted by Crippen LogP contribution is 2.21. The number of aryl methyl sites for hydroxylation is 1. The number of nitrogens with zero attached hydrogens (tertiary/aromatic N) is 4. The van der Waals surface area contributed by atoms with Gasteiger partial charge in [0.1, 0.15) is 5.52 Å². The Labute approximate surface area is 145 Å². The van der Waals surface area contributed by atoms with E-state index in [1.165, 1.54) is 5.56 Å². The number of anilines is 1. The summed E-state index contributed by atoms with van der Waals surface area (Å²) in [6, 6.07) is 16.3. The molecule has 0 aliphatic heterocycles. The van der Waals surface area contributed by atoms with Crippen LogP contribution in [0.3, 0.4) is 0 Å². The SMILES string of the molecule is CCc1ccc(/C(C)=N\Nc2nnc3c(n2)[nH]c2ccccc23)cc1. The second kappa shape index (κ2) is 6.32. The molecule has 0 atom stereocenters. The Morgan fingerprint density at radius 1 is 1.08 bits per heavy atom. The first-order chi connectivity index (χ1) is 12.2. The van der Waals surface area contributed by atoms with Gasteiger partial charge in [-0.2, -0.15) is 10.1 Å². The van der Waals surface area contributed by atoms with Crippen molar-refractivity contribution < 1.29 is 0 Å². The summed E-state index contributed by atoms with van der Waals surface area (Å²) < 4.78 is 0. The first-order valence-corrected chi connectivity index (χ1v) is 8.25. The second-order valence-electron chi connectivity index (χ2n) is 5.86. The van der Waals surface area contributed by atoms with Gasteiger partial charge in [0.25, 0.3) is 5.95 Å². The van der Waals surface area contributed by atoms with E-state index in [2.05, 4.69) is 61.9 Å². The second-order valence-corrected chi connectivity index (χ2v) is 5.86. The Morgan fingerprint density at radius 2 is 1.88 bits per heavy atom. The lowest BCUT2D eigenvalue weighted by Crippen LogP contribution is -2.03. The van der Waals surface area contributed by atoms with Gasteiger partial charge in [-0.05, 0) is 30.5 Å². The van der Waals surface area contributed by atoms with Gasteiger partial charge in [0.2, 0.25) is 0 Å². The van der Waals surface area contributed by atoms with Crippen molar-refractivity contribution in [3.8, 4) is 0 Å². The van der Waals surface area contributed by atoms with Crippen LogP contribution >= 0.6 is 0 Å². The van der Waals surface area contributed by atoms with Crippen LogP contribution in [-0.4, -0.2) is 25.9 Å². The molecule has 0 radical (unpaired) electrons. The average Bonchev–Trinajstić information content (AvgIpc) is 3.04. The summed E-state index contributed by atoms with van der Waals surface area (Å²) in [5, 5.41) is 13.8. The molecular weight excluding hydrogens is 312 g/mol. The van der Waals surface area contributed by atoms with Crippen LogP contribution in [-0.2, 0) is 6.42 Å². The van der Waals surface area contributed by atoms with Gasteiger partial charge in [-0.15, -0.1) is 10.2 Å². The predicted octanol–water partition coefficient (Wildman–Crippen LogP) is 3.90. The van der Waals surface area contributed by atoms with Crippen molar-refractivity contribution in [3.63, 3.8) is 0 Å². The number of aromatic nitrogens is 4. The smallest absolute Gasteiger partial charge is 0.265 e. The third-order valence-corrected chi connectivity index (χ3v) is 4.23. The fourth-order valence-corrected chi connectivity index (χ4v) is 2.75. The number of fused-ring (bicyclic) bond motifs is 3. The summed E-state index contributed by atoms with van der Waals surface area (Å²) in [5.41, 5.74) is 8.57. The number of rotatable bonds is 4. The standard InChI is InChI=1S/C19H18N6/c1-3-13-8-10-14(11-9-13)12(2)22-24-19-21-18-17(23-25-19)15-6-4-5-7-16(15)20-18/h4-11H,3H2,1-2H3,(H2,20,21,24,25)/b22-12-. The van der Waals surface area contributed by atoms with Crippen LogP contribution in [0.25, 0.3) is 22.1 Å². The highest BCUT2D eigenvalue weighted by molar-refractivity contribution is 6.03. The van der Waals surface area contributed by atoms with Gasteiger partial charge in [-0.1, -0.05) is 49.4 Å². The first-order valence-electron chi connectivity index (χ1n) is 8.25. The zero-order chi connectivity index (χ0) is 17.2. The summed E-state index contributed by atoms with van der Waals surface area (Å²) in [6.45, 7) is 4.09. The molecule has 2 aromatic carbocycles. The fraction of sp³-hybridized carbons (Fsp3) is 0.158. The van der Waals surface area contributed by atoms with Crippen LogP contribution in [0.1, 0.15) is 25.0 Å². The molecule has 6 nitrogen and oxygen atoms in total. The van der Waals surface area contributed by atoms with Crippen LogP contribution < -0.4 is 5.43 Å². The lowest BCUT2D eigenvalue weighted by Gasteiger charge is -2.03. The number of benzene rings is 2. The van der Waals surface area contributed by atoms with Crippen LogP contribution in [0.4, 0.5) is 5.95 Å². The Balaban J connectivity index is 1.60. The molecule has 4 aromatic rings. The maximum atomic E-state index is 4.46. The normalized spacial score (nSPS) is 12.0. The summed E-state index contributed by atoms with van der Waals surface area (Å²) >= 11 is 0. The number of H-pyrrole nitrogens is 1. The molecule has 0 fully saturated rings. The van der Waals surface area contributed by atoms with Crippen molar-refractivity contribution in [2.24, 2.45) is 5.10 Å². The van der Waals surface area contributed by atoms with Gasteiger partial charge >= 0.3 is 0 Å². The van der Waals surface area contributed by atoms with Crippen molar-refractivity contribution in [2.75, 3.05) is 5.43 Å². The van der Waals surface area contributed by atoms with E-state index in [1.54, 1.807) is 0 Å². The lowest BCUT2D eigenvalue weighted by molar-refractivity contribution is 1.01. The maximum Gasteiger partial charge on any atom is 0.265 e. The minimum Gasteiger partial charge on any atom is -0.338 e. The highest BCUT2D eigenvalue weighted by atomic mass is 15.4. The third kappa shape index (κ3) is 2.94. The molecule has 0 aliphatic carbocycles. The number of nitrogens with one attached hydrogen (secondary N) is 2. The lowest BCUT2D eigenvalue weighted by atomic mass is 10.1. The molecule has 0 bridgehead atoms. The molecule has 2 N–H and O–H groups in total. The van der Waals surface area contributed by atoms with Crippen LogP contribution in [0.15, 0.2) is 53.6 Å². The van der Waals surface area contributed by atoms with E-state index in [4.69, 9.17) is 0 Å². The zero-order valence-electron chi connectivity index (χ0n) is 14.1. The molecule has 0 saturated carbocycles. The van der Waals surface area contributed by atoms with E-state index in [1.807, 2.05) is 31.2 Å². The Kier molecular flexibility index (Phi) is 3.85. The Hall–Kier alpha value is -3.28. The van der Waals surface area contributed by atoms with Gasteiger partial charge in [-0.3, -0.25) is 0 Å². The Bertz CT molecular complexity index is 1060. The molecule has 0 amide bonds. The van der Waals surface area contributed by atoms with Gasteiger partial charge < -0.3 is 4.98 Å². The number of hydrogen-bond acceptors (Lipinski definition) is 5. The van der Waals surface area contributed by atoms with Gasteiger partial charge in [-0.25, -0.2) is 5.43 Å². The topological polar surface area (TPSA) is 78.8 Å². The number of hydrogen-bond donors (Lipinski definition) is 2. The van der Waals surface area contributed by atoms with Crippen molar-refractivity contribution in [3.05, 3.63) is 59.7 Å². The van der Waals surface area contributed by atoms with Gasteiger partial charge in [0.15, 0.2) is 5.65 Å². The van der Waals surface area contributed by atoms with E-state index < -0.39 is 0 Å². The Morgan fingerprint density at radius 3 is 2.68 bits per heavy atom. The molecule has 2 aromatic heterocycles. The summed E-state index contributed by atoms with van der Waals surface area (Å²) in [4.78, 5) is 7.71. The molecule has 25 heavy (non-hydrogen) atoms. The quantitative estimate of drug-likeness (QED) is 0.439. The molecule has 0 saturated heterocycles. The molecule has 4 rings (SSSR count). The zero-order valence-corrected chi connectivity index (χ0v) is 14.1. The monoisotopic (exact) mass is 330 g/mol. The third-order valence-electron chi connectivity index (χ3n) is 4.23. The van der Waals surface area contributed by atoms with Crippen molar-refractivity contribution in [1.82, 2.24) is 20.2 Å². The van der Waals surface area contributed by atoms with Crippen molar-refractivity contribution >= 4 is 33.7 Å². The van der Waals surface area contributed by atoms with Crippen molar-refractivity contribution in [2.45, 2.75) is 20.3 Å². The summed E-state index contributed by atoms with van der Waals surface area (Å²) in [5.74, 6) is 0.364. The van der Waals surface area contributed by atoms with Gasteiger partial charge in [0, 0.05) is 10.9 Å². The first kappa shape index (κ1) is 15.3. The minimum atomic E-state index is 0.364. The highest BCUT2D eigenvalue weighted by Gasteiger charge is 2.08. The minimum absolute atomic E-state index is 0.364. The van der Waals surface area contributed by atoms with E-state index in [9.17, 15) is 0 Å². The van der Waals surface area contributed by atoms with E-state index in [0.717, 1.165) is 34.1 Å². The maximum absolute atomic E-state index is 4.46. The van der Waals surface area contributed by atoms with Crippen LogP contribution in [0.5, 0.6) is 0 Å². The summed E-state index contributed by atoms with van der Waals surface area (Å²) in [6.07, 6.45) is 1.03. The largest absolute Gasteiger partial charge is 0.338 e. The predicted molar refractivity (Wildman–Crippen MR) is 101 cm³/mol. The van der Waals surface area contributed by atoms with Gasteiger partial charge in [0.05, 0.1) is 5.71 Å². The average molecular weight is 330 g/mol. The molecule has 6 heteroatoms. The molecule has 0 spiro atoms. The molecule has 124 valence electrons. The molecule has 0 aliphatic rings. The van der Waals surface area contributed by atoms with Crippen LogP contribution in [0, 0.1) is 0 Å². The summed E-state index contributed by atoms with van der Waals surface area (Å²) in [7, 11) is 0. The number of aromatic amines is 1. The van der Waals surface area contributed by atoms with E-state index >= 15 is 0 Å². The molecule has 0 unspecified atom stereocenters. The fourth-order valence-electron chi connectivity index (χ4n) is 2.75. The molecule has 2 heterocycles. The van der Waals surface area contributed by atoms with Crippen LogP contribution in [0.2, 0.25) is 0 Å². The van der Waals surface area contributed by atoms with E-state index in [-0.39, 0.29) is 0 Å². The number of hydrazone groups is 1. The molecular formula is C19H18N6.